The Morgan fingerprint density at radius 2 is 1.08 bits per heavy atom. The molecule has 1 fully saturated rings. The van der Waals surface area contributed by atoms with E-state index in [1.54, 1.807) is 0 Å². The van der Waals surface area contributed by atoms with Crippen LogP contribution in [-0.2, 0) is 9.47 Å². The zero-order valence-corrected chi connectivity index (χ0v) is 36.6. The van der Waals surface area contributed by atoms with Crippen LogP contribution in [0.25, 0.3) is 0 Å². The van der Waals surface area contributed by atoms with Crippen LogP contribution >= 0.6 is 0 Å². The fourth-order valence-corrected chi connectivity index (χ4v) is 8.36. The summed E-state index contributed by atoms with van der Waals surface area (Å²) < 4.78 is 13.8. The minimum Gasteiger partial charge on any atom is -0.347 e. The van der Waals surface area contributed by atoms with Gasteiger partial charge in [0.1, 0.15) is 0 Å². The molecule has 1 aliphatic heterocycles. The minimum atomic E-state index is -0.372. The molecule has 0 radical (unpaired) electrons. The van der Waals surface area contributed by atoms with Crippen LogP contribution in [-0.4, -0.2) is 43.0 Å². The first-order valence-corrected chi connectivity index (χ1v) is 22.7. The molecule has 0 N–H and O–H groups in total. The summed E-state index contributed by atoms with van der Waals surface area (Å²) in [6, 6.07) is 0. The second-order valence-electron chi connectivity index (χ2n) is 18.6. The molecular formula is C48H93NO2. The van der Waals surface area contributed by atoms with Crippen LogP contribution in [0, 0.1) is 17.3 Å². The van der Waals surface area contributed by atoms with Crippen molar-refractivity contribution in [2.75, 3.05) is 20.7 Å². The average Bonchev–Trinajstić information content (AvgIpc) is 3.51. The van der Waals surface area contributed by atoms with Crippen molar-refractivity contribution in [2.24, 2.45) is 17.3 Å². The van der Waals surface area contributed by atoms with E-state index in [0.29, 0.717) is 0 Å². The van der Waals surface area contributed by atoms with Gasteiger partial charge in [-0.1, -0.05) is 169 Å². The molecule has 3 nitrogen and oxygen atoms in total. The van der Waals surface area contributed by atoms with Crippen LogP contribution in [0.2, 0.25) is 0 Å². The van der Waals surface area contributed by atoms with E-state index in [-0.39, 0.29) is 22.8 Å². The third-order valence-corrected chi connectivity index (χ3v) is 12.2. The van der Waals surface area contributed by atoms with Gasteiger partial charge in [-0.15, -0.1) is 0 Å². The Bertz CT molecular complexity index is 859. The molecule has 1 saturated heterocycles. The monoisotopic (exact) mass is 716 g/mol. The maximum absolute atomic E-state index is 7.04. The van der Waals surface area contributed by atoms with Crippen molar-refractivity contribution in [3.63, 3.8) is 0 Å². The van der Waals surface area contributed by atoms with Gasteiger partial charge in [0.05, 0.1) is 12.7 Å². The van der Waals surface area contributed by atoms with Crippen LogP contribution in [0.4, 0.5) is 0 Å². The lowest BCUT2D eigenvalue weighted by atomic mass is 9.75. The highest BCUT2D eigenvalue weighted by molar-refractivity contribution is 4.94. The standard InChI is InChI=1S/C48H93NO2/c1-11-13-15-16-17-18-19-20-21-22-23-24-25-27-30-34-38-48(50-41-45(51-48)46(5,6)42-47(7,8)49(9)10)39-35-31-28-26-29-33-37-44(4)40-43(3)36-32-14-12-2/h17-18,20-21,43-45H,11-16,19,22-42H2,1-10H3/b18-17-,21-20-. The largest absolute Gasteiger partial charge is 0.347 e. The molecule has 302 valence electrons. The maximum Gasteiger partial charge on any atom is 0.168 e. The van der Waals surface area contributed by atoms with Gasteiger partial charge >= 0.3 is 0 Å². The molecule has 0 bridgehead atoms. The van der Waals surface area contributed by atoms with Gasteiger partial charge < -0.3 is 14.4 Å². The first-order valence-electron chi connectivity index (χ1n) is 22.7. The lowest BCUT2D eigenvalue weighted by Crippen LogP contribution is -2.46. The average molecular weight is 716 g/mol. The van der Waals surface area contributed by atoms with Gasteiger partial charge in [-0.3, -0.25) is 0 Å². The molecule has 3 heteroatoms. The van der Waals surface area contributed by atoms with Crippen molar-refractivity contribution in [1.82, 2.24) is 4.90 Å². The molecular weight excluding hydrogens is 623 g/mol. The van der Waals surface area contributed by atoms with Crippen molar-refractivity contribution < 1.29 is 9.47 Å². The van der Waals surface area contributed by atoms with Crippen LogP contribution < -0.4 is 0 Å². The van der Waals surface area contributed by atoms with Gasteiger partial charge in [-0.2, -0.15) is 0 Å². The second-order valence-corrected chi connectivity index (χ2v) is 18.6. The molecule has 0 aromatic rings. The lowest BCUT2D eigenvalue weighted by molar-refractivity contribution is -0.191. The number of hydrogen-bond donors (Lipinski definition) is 0. The van der Waals surface area contributed by atoms with Crippen LogP contribution in [0.1, 0.15) is 229 Å². The summed E-state index contributed by atoms with van der Waals surface area (Å²) in [7, 11) is 4.41. The van der Waals surface area contributed by atoms with E-state index in [0.717, 1.165) is 44.1 Å². The van der Waals surface area contributed by atoms with Crippen molar-refractivity contribution >= 4 is 0 Å². The number of unbranched alkanes of at least 4 members (excludes halogenated alkanes) is 16. The third kappa shape index (κ3) is 23.7. The van der Waals surface area contributed by atoms with Gasteiger partial charge in [-0.25, -0.2) is 0 Å². The molecule has 0 aromatic heterocycles. The van der Waals surface area contributed by atoms with Crippen LogP contribution in [0.15, 0.2) is 24.3 Å². The van der Waals surface area contributed by atoms with E-state index in [4.69, 9.17) is 9.47 Å². The summed E-state index contributed by atoms with van der Waals surface area (Å²) in [6.07, 6.45) is 44.8. The highest BCUT2D eigenvalue weighted by Gasteiger charge is 2.47. The number of allylic oxidation sites excluding steroid dienone is 4. The molecule has 0 aliphatic carbocycles. The van der Waals surface area contributed by atoms with E-state index in [2.05, 4.69) is 98.7 Å². The Morgan fingerprint density at radius 1 is 0.627 bits per heavy atom. The molecule has 0 saturated carbocycles. The Balaban J connectivity index is 2.43. The smallest absolute Gasteiger partial charge is 0.168 e. The molecule has 4 unspecified atom stereocenters. The fraction of sp³-hybridized carbons (Fsp3) is 0.917. The number of rotatable bonds is 34. The van der Waals surface area contributed by atoms with Crippen LogP contribution in [0.5, 0.6) is 0 Å². The number of nitrogens with zero attached hydrogens (tertiary/aromatic N) is 1. The third-order valence-electron chi connectivity index (χ3n) is 12.2. The topological polar surface area (TPSA) is 21.7 Å². The van der Waals surface area contributed by atoms with E-state index >= 15 is 0 Å². The molecule has 0 spiro atoms. The molecule has 1 rings (SSSR count). The van der Waals surface area contributed by atoms with Crippen molar-refractivity contribution in [1.29, 1.82) is 0 Å². The summed E-state index contributed by atoms with van der Waals surface area (Å²) in [4.78, 5) is 2.36. The molecule has 0 aromatic carbocycles. The quantitative estimate of drug-likeness (QED) is 0.0489. The summed E-state index contributed by atoms with van der Waals surface area (Å²) in [6.45, 7) is 19.8. The van der Waals surface area contributed by atoms with Gasteiger partial charge in [0, 0.05) is 18.4 Å². The Labute approximate surface area is 321 Å². The first kappa shape index (κ1) is 48.4. The highest BCUT2D eigenvalue weighted by Crippen LogP contribution is 2.44. The zero-order valence-electron chi connectivity index (χ0n) is 36.6. The molecule has 4 atom stereocenters. The summed E-state index contributed by atoms with van der Waals surface area (Å²) >= 11 is 0. The van der Waals surface area contributed by atoms with E-state index < -0.39 is 0 Å². The predicted octanol–water partition coefficient (Wildman–Crippen LogP) is 15.4. The van der Waals surface area contributed by atoms with Gasteiger partial charge in [-0.05, 0) is 103 Å². The predicted molar refractivity (Wildman–Crippen MR) is 228 cm³/mol. The first-order chi connectivity index (χ1) is 24.4. The highest BCUT2D eigenvalue weighted by atomic mass is 16.7. The maximum atomic E-state index is 7.04. The van der Waals surface area contributed by atoms with Crippen molar-refractivity contribution in [3.8, 4) is 0 Å². The number of hydrogen-bond acceptors (Lipinski definition) is 3. The van der Waals surface area contributed by atoms with Gasteiger partial charge in [0.25, 0.3) is 0 Å². The Hall–Kier alpha value is -0.640. The van der Waals surface area contributed by atoms with E-state index in [1.165, 1.54) is 148 Å². The Morgan fingerprint density at radius 3 is 1.61 bits per heavy atom. The summed E-state index contributed by atoms with van der Waals surface area (Å²) in [5, 5.41) is 0. The molecule has 0 amide bonds. The lowest BCUT2D eigenvalue weighted by Gasteiger charge is -2.42. The van der Waals surface area contributed by atoms with Gasteiger partial charge in [0.2, 0.25) is 0 Å². The number of ether oxygens (including phenoxy) is 2. The fourth-order valence-electron chi connectivity index (χ4n) is 8.36. The second kappa shape index (κ2) is 28.8. The van der Waals surface area contributed by atoms with E-state index in [9.17, 15) is 0 Å². The van der Waals surface area contributed by atoms with Gasteiger partial charge in [0.15, 0.2) is 5.79 Å². The zero-order chi connectivity index (χ0) is 37.9. The van der Waals surface area contributed by atoms with Crippen molar-refractivity contribution in [2.45, 2.75) is 246 Å². The normalized spacial score (nSPS) is 20.0. The Kier molecular flexibility index (Phi) is 27.3. The molecule has 1 heterocycles. The molecule has 1 aliphatic rings. The van der Waals surface area contributed by atoms with Crippen molar-refractivity contribution in [3.05, 3.63) is 24.3 Å². The SMILES string of the molecule is CCCCC/C=C\C/C=C\CCCCCCCCC1(CCCCCCCCC(C)CC(C)CCCCC)OCC(C(C)(C)CC(C)(C)N(C)C)O1. The minimum absolute atomic E-state index is 0.0688. The summed E-state index contributed by atoms with van der Waals surface area (Å²) in [5.74, 6) is 1.42. The van der Waals surface area contributed by atoms with E-state index in [1.807, 2.05) is 0 Å². The summed E-state index contributed by atoms with van der Waals surface area (Å²) in [5.41, 5.74) is 0.197. The molecule has 51 heavy (non-hydrogen) atoms. The van der Waals surface area contributed by atoms with Crippen LogP contribution in [0.3, 0.4) is 0 Å².